The second kappa shape index (κ2) is 9.21. The molecule has 2 amide bonds. The Morgan fingerprint density at radius 2 is 1.46 bits per heavy atom. The number of amides is 2. The molecule has 2 aromatic rings. The second-order valence-corrected chi connectivity index (χ2v) is 6.02. The summed E-state index contributed by atoms with van der Waals surface area (Å²) in [6, 6.07) is 8.68. The Bertz CT molecular complexity index is 855. The molecule has 28 heavy (non-hydrogen) atoms. The zero-order valence-corrected chi connectivity index (χ0v) is 15.9. The van der Waals surface area contributed by atoms with Crippen molar-refractivity contribution in [3.63, 3.8) is 0 Å². The molecule has 1 saturated heterocycles. The first-order valence-electron chi connectivity index (χ1n) is 8.96. The highest BCUT2D eigenvalue weighted by Gasteiger charge is 2.33. The fourth-order valence-electron chi connectivity index (χ4n) is 2.59. The van der Waals surface area contributed by atoms with Crippen LogP contribution in [0.5, 0.6) is 0 Å². The van der Waals surface area contributed by atoms with Crippen LogP contribution in [0.15, 0.2) is 36.4 Å². The lowest BCUT2D eigenvalue weighted by atomic mass is 10.0. The third kappa shape index (κ3) is 4.79. The van der Waals surface area contributed by atoms with Crippen molar-refractivity contribution in [2.75, 3.05) is 0 Å². The molecule has 148 valence electrons. The number of hydroxylamine groups is 2. The SMILES string of the molecule is CC.Cc1c(F)cc(Cc2ccc(C(=O)ON3C(=O)CCC3=O)cc2)cc1F. The molecule has 0 spiro atoms. The molecule has 0 aliphatic carbocycles. The van der Waals surface area contributed by atoms with Crippen LogP contribution < -0.4 is 0 Å². The highest BCUT2D eigenvalue weighted by molar-refractivity contribution is 6.02. The zero-order valence-electron chi connectivity index (χ0n) is 15.9. The first kappa shape index (κ1) is 21.2. The van der Waals surface area contributed by atoms with Gasteiger partial charge in [0, 0.05) is 18.4 Å². The number of hydrogen-bond donors (Lipinski definition) is 0. The molecule has 0 bridgehead atoms. The van der Waals surface area contributed by atoms with Crippen molar-refractivity contribution in [2.45, 2.75) is 40.0 Å². The van der Waals surface area contributed by atoms with Crippen LogP contribution in [0, 0.1) is 18.6 Å². The lowest BCUT2D eigenvalue weighted by molar-refractivity contribution is -0.172. The molecule has 0 atom stereocenters. The minimum Gasteiger partial charge on any atom is -0.325 e. The lowest BCUT2D eigenvalue weighted by Crippen LogP contribution is -2.32. The number of halogens is 2. The summed E-state index contributed by atoms with van der Waals surface area (Å²) in [6.45, 7) is 5.37. The Morgan fingerprint density at radius 3 is 1.96 bits per heavy atom. The standard InChI is InChI=1S/C19H15F2NO4.C2H6/c1-11-15(20)9-13(10-16(11)21)8-12-2-4-14(5-3-12)19(25)26-22-17(23)6-7-18(22)24;1-2/h2-5,9-10H,6-8H2,1H3;1-2H3. The van der Waals surface area contributed by atoms with Crippen molar-refractivity contribution in [1.82, 2.24) is 5.06 Å². The molecule has 0 unspecified atom stereocenters. The van der Waals surface area contributed by atoms with Crippen LogP contribution in [-0.2, 0) is 20.8 Å². The average molecular weight is 389 g/mol. The van der Waals surface area contributed by atoms with Gasteiger partial charge in [0.25, 0.3) is 11.8 Å². The summed E-state index contributed by atoms with van der Waals surface area (Å²) in [7, 11) is 0. The van der Waals surface area contributed by atoms with E-state index in [4.69, 9.17) is 4.84 Å². The zero-order chi connectivity index (χ0) is 20.8. The highest BCUT2D eigenvalue weighted by Crippen LogP contribution is 2.18. The van der Waals surface area contributed by atoms with Gasteiger partial charge < -0.3 is 4.84 Å². The number of imide groups is 1. The maximum Gasteiger partial charge on any atom is 0.363 e. The summed E-state index contributed by atoms with van der Waals surface area (Å²) in [5, 5.41) is 0.480. The number of benzene rings is 2. The van der Waals surface area contributed by atoms with Crippen molar-refractivity contribution < 1.29 is 28.0 Å². The van der Waals surface area contributed by atoms with Crippen LogP contribution in [0.1, 0.15) is 53.7 Å². The third-order valence-electron chi connectivity index (χ3n) is 4.12. The Balaban J connectivity index is 0.00000136. The van der Waals surface area contributed by atoms with Crippen LogP contribution >= 0.6 is 0 Å². The number of hydrogen-bond acceptors (Lipinski definition) is 4. The minimum atomic E-state index is -0.826. The van der Waals surface area contributed by atoms with Gasteiger partial charge in [-0.05, 0) is 48.7 Å². The summed E-state index contributed by atoms with van der Waals surface area (Å²) >= 11 is 0. The fraction of sp³-hybridized carbons (Fsp3) is 0.286. The Kier molecular flexibility index (Phi) is 6.98. The number of rotatable bonds is 4. The van der Waals surface area contributed by atoms with E-state index in [2.05, 4.69) is 0 Å². The summed E-state index contributed by atoms with van der Waals surface area (Å²) < 4.78 is 27.2. The van der Waals surface area contributed by atoms with E-state index in [9.17, 15) is 23.2 Å². The van der Waals surface area contributed by atoms with Crippen molar-refractivity contribution in [3.8, 4) is 0 Å². The largest absolute Gasteiger partial charge is 0.363 e. The molecular weight excluding hydrogens is 368 g/mol. The molecule has 2 aromatic carbocycles. The molecule has 3 rings (SSSR count). The normalized spacial score (nSPS) is 13.2. The number of carbonyl (C=O) groups excluding carboxylic acids is 3. The fourth-order valence-corrected chi connectivity index (χ4v) is 2.59. The van der Waals surface area contributed by atoms with Crippen LogP contribution in [0.2, 0.25) is 0 Å². The summed E-state index contributed by atoms with van der Waals surface area (Å²) in [5.41, 5.74) is 1.33. The molecule has 7 heteroatoms. The van der Waals surface area contributed by atoms with E-state index < -0.39 is 29.4 Å². The van der Waals surface area contributed by atoms with Crippen molar-refractivity contribution in [1.29, 1.82) is 0 Å². The average Bonchev–Trinajstić information content (AvgIpc) is 3.00. The van der Waals surface area contributed by atoms with Gasteiger partial charge in [-0.3, -0.25) is 9.59 Å². The molecular formula is C21H21F2NO4. The van der Waals surface area contributed by atoms with Crippen LogP contribution in [-0.4, -0.2) is 22.8 Å². The highest BCUT2D eigenvalue weighted by atomic mass is 19.1. The first-order valence-corrected chi connectivity index (χ1v) is 8.96. The maximum absolute atomic E-state index is 13.6. The predicted molar refractivity (Wildman–Crippen MR) is 98.2 cm³/mol. The van der Waals surface area contributed by atoms with Gasteiger partial charge in [0.05, 0.1) is 5.56 Å². The van der Waals surface area contributed by atoms with E-state index in [0.717, 1.165) is 5.56 Å². The lowest BCUT2D eigenvalue weighted by Gasteiger charge is -2.12. The van der Waals surface area contributed by atoms with E-state index >= 15 is 0 Å². The molecule has 0 saturated carbocycles. The van der Waals surface area contributed by atoms with Gasteiger partial charge in [-0.15, -0.1) is 5.06 Å². The van der Waals surface area contributed by atoms with Crippen LogP contribution in [0.4, 0.5) is 8.78 Å². The van der Waals surface area contributed by atoms with Crippen LogP contribution in [0.3, 0.4) is 0 Å². The van der Waals surface area contributed by atoms with Gasteiger partial charge in [0.2, 0.25) is 0 Å². The third-order valence-corrected chi connectivity index (χ3v) is 4.12. The van der Waals surface area contributed by atoms with E-state index in [0.29, 0.717) is 10.6 Å². The Morgan fingerprint density at radius 1 is 0.964 bits per heavy atom. The van der Waals surface area contributed by atoms with Gasteiger partial charge in [0.1, 0.15) is 11.6 Å². The minimum absolute atomic E-state index is 0.0225. The smallest absolute Gasteiger partial charge is 0.325 e. The Hall–Kier alpha value is -3.09. The molecule has 0 aromatic heterocycles. The van der Waals surface area contributed by atoms with E-state index in [1.165, 1.54) is 31.2 Å². The van der Waals surface area contributed by atoms with Crippen molar-refractivity contribution in [3.05, 3.63) is 70.3 Å². The quantitative estimate of drug-likeness (QED) is 0.739. The monoisotopic (exact) mass is 389 g/mol. The van der Waals surface area contributed by atoms with Gasteiger partial charge in [0.15, 0.2) is 0 Å². The van der Waals surface area contributed by atoms with Crippen LogP contribution in [0.25, 0.3) is 0 Å². The molecule has 1 fully saturated rings. The molecule has 5 nitrogen and oxygen atoms in total. The number of carbonyl (C=O) groups is 3. The molecule has 0 N–H and O–H groups in total. The topological polar surface area (TPSA) is 63.7 Å². The molecule has 1 aliphatic rings. The summed E-state index contributed by atoms with van der Waals surface area (Å²) in [4.78, 5) is 39.8. The van der Waals surface area contributed by atoms with Gasteiger partial charge in [-0.1, -0.05) is 26.0 Å². The molecule has 1 heterocycles. The van der Waals surface area contributed by atoms with Gasteiger partial charge in [-0.25, -0.2) is 13.6 Å². The molecule has 0 radical (unpaired) electrons. The van der Waals surface area contributed by atoms with E-state index in [1.54, 1.807) is 12.1 Å². The van der Waals surface area contributed by atoms with Crippen molar-refractivity contribution >= 4 is 17.8 Å². The number of nitrogens with zero attached hydrogens (tertiary/aromatic N) is 1. The van der Waals surface area contributed by atoms with E-state index in [-0.39, 0.29) is 30.4 Å². The van der Waals surface area contributed by atoms with Crippen molar-refractivity contribution in [2.24, 2.45) is 0 Å². The second-order valence-electron chi connectivity index (χ2n) is 6.02. The molecule has 1 aliphatic heterocycles. The summed E-state index contributed by atoms with van der Waals surface area (Å²) in [6.07, 6.45) is 0.329. The van der Waals surface area contributed by atoms with Gasteiger partial charge >= 0.3 is 5.97 Å². The predicted octanol–water partition coefficient (Wildman–Crippen LogP) is 4.11. The maximum atomic E-state index is 13.6. The van der Waals surface area contributed by atoms with E-state index in [1.807, 2.05) is 13.8 Å². The Labute approximate surface area is 161 Å². The summed E-state index contributed by atoms with van der Waals surface area (Å²) in [5.74, 6) is -3.15. The van der Waals surface area contributed by atoms with Gasteiger partial charge in [-0.2, -0.15) is 0 Å². The first-order chi connectivity index (χ1) is 13.3.